The van der Waals surface area contributed by atoms with Crippen molar-refractivity contribution in [2.75, 3.05) is 5.73 Å². The second-order valence-corrected chi connectivity index (χ2v) is 6.02. The smallest absolute Gasteiger partial charge is 0.274 e. The van der Waals surface area contributed by atoms with Gasteiger partial charge in [-0.1, -0.05) is 19.8 Å². The molecule has 2 fully saturated rings. The summed E-state index contributed by atoms with van der Waals surface area (Å²) in [6.45, 7) is 2.20. The fraction of sp³-hybridized carbons (Fsp3) is 0.714. The summed E-state index contributed by atoms with van der Waals surface area (Å²) < 4.78 is 0. The van der Waals surface area contributed by atoms with E-state index < -0.39 is 0 Å². The number of carbonyl (C=O) groups is 1. The van der Waals surface area contributed by atoms with Crippen LogP contribution >= 0.6 is 0 Å². The molecule has 104 valence electrons. The molecule has 2 aliphatic rings. The van der Waals surface area contributed by atoms with Crippen LogP contribution in [0.15, 0.2) is 0 Å². The molecular weight excluding hydrogens is 240 g/mol. The monoisotopic (exact) mass is 262 g/mol. The van der Waals surface area contributed by atoms with Crippen LogP contribution in [0.2, 0.25) is 0 Å². The molecule has 1 aromatic heterocycles. The van der Waals surface area contributed by atoms with Gasteiger partial charge in [0.2, 0.25) is 0 Å². The third-order valence-electron chi connectivity index (χ3n) is 4.46. The van der Waals surface area contributed by atoms with Gasteiger partial charge in [0.05, 0.1) is 11.4 Å². The number of carbonyl (C=O) groups excluding carboxylic acids is 1. The van der Waals surface area contributed by atoms with E-state index in [9.17, 15) is 4.79 Å². The molecule has 0 aromatic carbocycles. The Labute approximate surface area is 113 Å². The summed E-state index contributed by atoms with van der Waals surface area (Å²) in [4.78, 5) is 12.3. The zero-order valence-corrected chi connectivity index (χ0v) is 11.4. The van der Waals surface area contributed by atoms with Crippen molar-refractivity contribution in [3.8, 4) is 0 Å². The molecule has 0 radical (unpaired) electrons. The number of anilines is 1. The summed E-state index contributed by atoms with van der Waals surface area (Å²) in [5.74, 6) is 0.905. The van der Waals surface area contributed by atoms with E-state index in [-0.39, 0.29) is 11.9 Å². The number of rotatable bonds is 3. The lowest BCUT2D eigenvalue weighted by Gasteiger charge is -2.29. The summed E-state index contributed by atoms with van der Waals surface area (Å²) in [6, 6.07) is 0.265. The third kappa shape index (κ3) is 2.46. The van der Waals surface area contributed by atoms with Crippen LogP contribution in [-0.2, 0) is 0 Å². The number of hydrogen-bond donors (Lipinski definition) is 3. The largest absolute Gasteiger partial charge is 0.395 e. The minimum Gasteiger partial charge on any atom is -0.395 e. The molecule has 0 aliphatic heterocycles. The van der Waals surface area contributed by atoms with Gasteiger partial charge in [-0.2, -0.15) is 5.10 Å². The first-order chi connectivity index (χ1) is 9.16. The minimum absolute atomic E-state index is 0.126. The molecule has 1 amide bonds. The van der Waals surface area contributed by atoms with E-state index in [1.165, 1.54) is 19.3 Å². The highest BCUT2D eigenvalue weighted by molar-refractivity contribution is 5.97. The van der Waals surface area contributed by atoms with E-state index in [0.29, 0.717) is 23.2 Å². The fourth-order valence-corrected chi connectivity index (χ4v) is 2.99. The van der Waals surface area contributed by atoms with Crippen LogP contribution < -0.4 is 11.1 Å². The predicted octanol–water partition coefficient (Wildman–Crippen LogP) is 2.18. The van der Waals surface area contributed by atoms with Crippen molar-refractivity contribution in [1.82, 2.24) is 15.5 Å². The van der Waals surface area contributed by atoms with Crippen molar-refractivity contribution in [2.45, 2.75) is 57.4 Å². The van der Waals surface area contributed by atoms with E-state index in [1.54, 1.807) is 0 Å². The SMILES string of the molecule is CC1CCCCC1NC(=O)c1n[nH]c(C2CC2)c1N. The van der Waals surface area contributed by atoms with E-state index in [1.807, 2.05) is 0 Å². The maximum absolute atomic E-state index is 12.3. The van der Waals surface area contributed by atoms with Crippen molar-refractivity contribution in [3.05, 3.63) is 11.4 Å². The average molecular weight is 262 g/mol. The lowest BCUT2D eigenvalue weighted by Crippen LogP contribution is -2.41. The summed E-state index contributed by atoms with van der Waals surface area (Å²) in [5.41, 5.74) is 7.90. The summed E-state index contributed by atoms with van der Waals surface area (Å²) in [7, 11) is 0. The topological polar surface area (TPSA) is 83.8 Å². The Bertz CT molecular complexity index is 478. The van der Waals surface area contributed by atoms with Gasteiger partial charge in [-0.15, -0.1) is 0 Å². The number of nitrogens with zero attached hydrogens (tertiary/aromatic N) is 1. The molecule has 0 saturated heterocycles. The molecule has 0 spiro atoms. The molecule has 2 saturated carbocycles. The molecule has 1 aromatic rings. The van der Waals surface area contributed by atoms with E-state index in [4.69, 9.17) is 5.73 Å². The van der Waals surface area contributed by atoms with Crippen molar-refractivity contribution in [3.63, 3.8) is 0 Å². The molecule has 0 bridgehead atoms. The molecule has 4 N–H and O–H groups in total. The van der Waals surface area contributed by atoms with Crippen LogP contribution in [0.4, 0.5) is 5.69 Å². The van der Waals surface area contributed by atoms with Gasteiger partial charge < -0.3 is 11.1 Å². The Morgan fingerprint density at radius 2 is 2.05 bits per heavy atom. The molecule has 5 heteroatoms. The second-order valence-electron chi connectivity index (χ2n) is 6.02. The Balaban J connectivity index is 1.69. The number of nitrogens with two attached hydrogens (primary N) is 1. The first-order valence-corrected chi connectivity index (χ1v) is 7.31. The maximum atomic E-state index is 12.3. The summed E-state index contributed by atoms with van der Waals surface area (Å²) >= 11 is 0. The van der Waals surface area contributed by atoms with Gasteiger partial charge in [0.15, 0.2) is 5.69 Å². The first kappa shape index (κ1) is 12.5. The maximum Gasteiger partial charge on any atom is 0.274 e. The minimum atomic E-state index is -0.126. The van der Waals surface area contributed by atoms with Crippen LogP contribution in [0.5, 0.6) is 0 Å². The molecule has 3 rings (SSSR count). The first-order valence-electron chi connectivity index (χ1n) is 7.31. The zero-order chi connectivity index (χ0) is 13.4. The van der Waals surface area contributed by atoms with Gasteiger partial charge in [0, 0.05) is 12.0 Å². The van der Waals surface area contributed by atoms with Crippen molar-refractivity contribution in [2.24, 2.45) is 5.92 Å². The predicted molar refractivity (Wildman–Crippen MR) is 73.9 cm³/mol. The average Bonchev–Trinajstić information content (AvgIpc) is 3.15. The second kappa shape index (κ2) is 4.87. The van der Waals surface area contributed by atoms with Crippen molar-refractivity contribution < 1.29 is 4.79 Å². The van der Waals surface area contributed by atoms with Gasteiger partial charge in [-0.3, -0.25) is 9.89 Å². The van der Waals surface area contributed by atoms with Crippen LogP contribution in [0.1, 0.15) is 67.5 Å². The summed E-state index contributed by atoms with van der Waals surface area (Å²) in [5, 5.41) is 10.1. The van der Waals surface area contributed by atoms with E-state index in [0.717, 1.165) is 25.0 Å². The fourth-order valence-electron chi connectivity index (χ4n) is 2.99. The van der Waals surface area contributed by atoms with Gasteiger partial charge in [0.25, 0.3) is 5.91 Å². The number of amides is 1. The van der Waals surface area contributed by atoms with Crippen molar-refractivity contribution >= 4 is 11.6 Å². The van der Waals surface area contributed by atoms with Crippen LogP contribution in [-0.4, -0.2) is 22.1 Å². The normalized spacial score (nSPS) is 27.2. The standard InChI is InChI=1S/C14H22N4O/c1-8-4-2-3-5-10(8)16-14(19)13-11(15)12(17-18-13)9-6-7-9/h8-10H,2-7,15H2,1H3,(H,16,19)(H,17,18). The van der Waals surface area contributed by atoms with Crippen molar-refractivity contribution in [1.29, 1.82) is 0 Å². The lowest BCUT2D eigenvalue weighted by molar-refractivity contribution is 0.0906. The highest BCUT2D eigenvalue weighted by Gasteiger charge is 2.31. The Kier molecular flexibility index (Phi) is 3.21. The molecule has 2 atom stereocenters. The molecule has 5 nitrogen and oxygen atoms in total. The lowest BCUT2D eigenvalue weighted by atomic mass is 9.86. The highest BCUT2D eigenvalue weighted by atomic mass is 16.2. The Morgan fingerprint density at radius 3 is 2.74 bits per heavy atom. The number of hydrogen-bond acceptors (Lipinski definition) is 3. The van der Waals surface area contributed by atoms with Gasteiger partial charge in [-0.05, 0) is 31.6 Å². The number of H-pyrrole nitrogens is 1. The van der Waals surface area contributed by atoms with Crippen LogP contribution in [0, 0.1) is 5.92 Å². The van der Waals surface area contributed by atoms with Crippen LogP contribution in [0.3, 0.4) is 0 Å². The third-order valence-corrected chi connectivity index (χ3v) is 4.46. The van der Waals surface area contributed by atoms with E-state index in [2.05, 4.69) is 22.4 Å². The highest BCUT2D eigenvalue weighted by Crippen LogP contribution is 2.42. The number of aromatic nitrogens is 2. The molecule has 2 unspecified atom stereocenters. The molecule has 19 heavy (non-hydrogen) atoms. The van der Waals surface area contributed by atoms with Gasteiger partial charge in [0.1, 0.15) is 0 Å². The van der Waals surface area contributed by atoms with E-state index >= 15 is 0 Å². The number of nitrogen functional groups attached to an aromatic ring is 1. The Hall–Kier alpha value is -1.52. The molecule has 2 aliphatic carbocycles. The number of aromatic amines is 1. The zero-order valence-electron chi connectivity index (χ0n) is 11.4. The summed E-state index contributed by atoms with van der Waals surface area (Å²) in [6.07, 6.45) is 7.00. The molecular formula is C14H22N4O. The van der Waals surface area contributed by atoms with Gasteiger partial charge >= 0.3 is 0 Å². The molecule has 1 heterocycles. The van der Waals surface area contributed by atoms with Gasteiger partial charge in [-0.25, -0.2) is 0 Å². The van der Waals surface area contributed by atoms with Crippen LogP contribution in [0.25, 0.3) is 0 Å². The number of nitrogens with one attached hydrogen (secondary N) is 2. The Morgan fingerprint density at radius 1 is 1.32 bits per heavy atom. The quantitative estimate of drug-likeness (QED) is 0.780.